The van der Waals surface area contributed by atoms with Gasteiger partial charge in [0, 0.05) is 12.1 Å². The number of terminal acetylenes is 1. The first-order chi connectivity index (χ1) is 10.5. The lowest BCUT2D eigenvalue weighted by Crippen LogP contribution is -2.49. The van der Waals surface area contributed by atoms with Crippen molar-refractivity contribution >= 4 is 11.9 Å². The van der Waals surface area contributed by atoms with Gasteiger partial charge in [0.25, 0.3) is 5.91 Å². The highest BCUT2D eigenvalue weighted by Crippen LogP contribution is 2.25. The fourth-order valence-electron chi connectivity index (χ4n) is 2.60. The van der Waals surface area contributed by atoms with E-state index in [1.165, 1.54) is 4.90 Å². The molecule has 1 aromatic carbocycles. The average molecular weight is 301 g/mol. The molecule has 0 aromatic heterocycles. The molecule has 2 unspecified atom stereocenters. The van der Waals surface area contributed by atoms with E-state index in [-0.39, 0.29) is 12.5 Å². The van der Waals surface area contributed by atoms with E-state index >= 15 is 0 Å². The summed E-state index contributed by atoms with van der Waals surface area (Å²) >= 11 is 0. The van der Waals surface area contributed by atoms with Gasteiger partial charge in [-0.05, 0) is 43.0 Å². The highest BCUT2D eigenvalue weighted by molar-refractivity contribution is 5.96. The van der Waals surface area contributed by atoms with Crippen LogP contribution in [-0.4, -0.2) is 41.1 Å². The highest BCUT2D eigenvalue weighted by atomic mass is 16.5. The van der Waals surface area contributed by atoms with E-state index in [2.05, 4.69) is 5.92 Å². The van der Waals surface area contributed by atoms with Crippen molar-refractivity contribution < 1.29 is 19.4 Å². The third-order valence-corrected chi connectivity index (χ3v) is 3.83. The van der Waals surface area contributed by atoms with Gasteiger partial charge < -0.3 is 14.7 Å². The summed E-state index contributed by atoms with van der Waals surface area (Å²) in [4.78, 5) is 25.4. The van der Waals surface area contributed by atoms with Crippen LogP contribution in [0.2, 0.25) is 0 Å². The van der Waals surface area contributed by atoms with E-state index in [1.807, 2.05) is 6.92 Å². The first kappa shape index (κ1) is 15.9. The molecule has 2 atom stereocenters. The molecule has 1 heterocycles. The number of aliphatic carboxylic acids is 1. The molecule has 1 fully saturated rings. The largest absolute Gasteiger partial charge is 0.481 e. The van der Waals surface area contributed by atoms with Gasteiger partial charge >= 0.3 is 5.97 Å². The van der Waals surface area contributed by atoms with Crippen LogP contribution in [0.3, 0.4) is 0 Å². The Morgan fingerprint density at radius 1 is 1.41 bits per heavy atom. The predicted octanol–water partition coefficient (Wildman–Crippen LogP) is 2.02. The van der Waals surface area contributed by atoms with Gasteiger partial charge in [-0.2, -0.15) is 0 Å². The molecule has 0 aliphatic carbocycles. The van der Waals surface area contributed by atoms with Gasteiger partial charge in [0.05, 0.1) is 0 Å². The monoisotopic (exact) mass is 301 g/mol. The number of benzene rings is 1. The molecule has 5 heteroatoms. The predicted molar refractivity (Wildman–Crippen MR) is 81.6 cm³/mol. The smallest absolute Gasteiger partial charge is 0.326 e. The molecule has 22 heavy (non-hydrogen) atoms. The van der Waals surface area contributed by atoms with Gasteiger partial charge in [-0.15, -0.1) is 6.42 Å². The van der Waals surface area contributed by atoms with E-state index in [0.29, 0.717) is 30.2 Å². The van der Waals surface area contributed by atoms with Crippen LogP contribution in [0.25, 0.3) is 0 Å². The second-order valence-electron chi connectivity index (χ2n) is 5.50. The number of hydrogen-bond acceptors (Lipinski definition) is 3. The Balaban J connectivity index is 2.12. The summed E-state index contributed by atoms with van der Waals surface area (Å²) in [6.45, 7) is 2.64. The van der Waals surface area contributed by atoms with Crippen LogP contribution >= 0.6 is 0 Å². The zero-order valence-electron chi connectivity index (χ0n) is 12.5. The van der Waals surface area contributed by atoms with E-state index in [4.69, 9.17) is 11.2 Å². The lowest BCUT2D eigenvalue weighted by Gasteiger charge is -2.36. The minimum atomic E-state index is -0.950. The Morgan fingerprint density at radius 2 is 2.09 bits per heavy atom. The minimum absolute atomic E-state index is 0.165. The molecule has 0 saturated carbocycles. The topological polar surface area (TPSA) is 66.8 Å². The van der Waals surface area contributed by atoms with E-state index in [0.717, 1.165) is 6.42 Å². The summed E-state index contributed by atoms with van der Waals surface area (Å²) < 4.78 is 5.25. The van der Waals surface area contributed by atoms with Gasteiger partial charge in [-0.3, -0.25) is 4.79 Å². The summed E-state index contributed by atoms with van der Waals surface area (Å²) in [5.41, 5.74) is 0.453. The van der Waals surface area contributed by atoms with Crippen molar-refractivity contribution in [2.45, 2.75) is 25.8 Å². The Kier molecular flexibility index (Phi) is 5.05. The second-order valence-corrected chi connectivity index (χ2v) is 5.50. The van der Waals surface area contributed by atoms with E-state index in [9.17, 15) is 14.7 Å². The van der Waals surface area contributed by atoms with Gasteiger partial charge in [0.1, 0.15) is 18.4 Å². The van der Waals surface area contributed by atoms with Crippen LogP contribution in [0, 0.1) is 18.3 Å². The standard InChI is InChI=1S/C17H19NO4/c1-3-10-22-14-6-4-13(5-7-14)16(19)18-9-8-12(2)11-15(18)17(20)21/h1,4-7,12,15H,8-11H2,2H3,(H,20,21). The molecule has 1 aliphatic heterocycles. The van der Waals surface area contributed by atoms with Crippen LogP contribution in [0.15, 0.2) is 24.3 Å². The highest BCUT2D eigenvalue weighted by Gasteiger charge is 2.35. The van der Waals surface area contributed by atoms with Crippen molar-refractivity contribution in [2.24, 2.45) is 5.92 Å². The molecule has 0 bridgehead atoms. The normalized spacial score (nSPS) is 21.0. The maximum atomic E-state index is 12.5. The van der Waals surface area contributed by atoms with E-state index in [1.54, 1.807) is 24.3 Å². The number of rotatable bonds is 4. The zero-order chi connectivity index (χ0) is 16.1. The number of carboxylic acid groups (broad SMARTS) is 1. The zero-order valence-corrected chi connectivity index (χ0v) is 12.5. The number of carbonyl (C=O) groups is 2. The molecule has 0 radical (unpaired) electrons. The SMILES string of the molecule is C#CCOc1ccc(C(=O)N2CCC(C)CC2C(=O)O)cc1. The Bertz CT molecular complexity index is 588. The Hall–Kier alpha value is -2.48. The first-order valence-electron chi connectivity index (χ1n) is 7.23. The number of piperidine rings is 1. The number of carbonyl (C=O) groups excluding carboxylic acids is 1. The third kappa shape index (κ3) is 3.59. The number of likely N-dealkylation sites (tertiary alicyclic amines) is 1. The molecule has 1 saturated heterocycles. The Morgan fingerprint density at radius 3 is 2.68 bits per heavy atom. The number of nitrogens with zero attached hydrogens (tertiary/aromatic N) is 1. The molecule has 1 N–H and O–H groups in total. The molecular weight excluding hydrogens is 282 g/mol. The van der Waals surface area contributed by atoms with Crippen molar-refractivity contribution in [3.05, 3.63) is 29.8 Å². The number of ether oxygens (including phenoxy) is 1. The van der Waals surface area contributed by atoms with Crippen LogP contribution < -0.4 is 4.74 Å². The lowest BCUT2D eigenvalue weighted by atomic mass is 9.92. The third-order valence-electron chi connectivity index (χ3n) is 3.83. The molecule has 5 nitrogen and oxygen atoms in total. The number of carboxylic acids is 1. The summed E-state index contributed by atoms with van der Waals surface area (Å²) in [5.74, 6) is 2.04. The quantitative estimate of drug-likeness (QED) is 0.864. The van der Waals surface area contributed by atoms with Gasteiger partial charge in [-0.25, -0.2) is 4.79 Å². The first-order valence-corrected chi connectivity index (χ1v) is 7.23. The van der Waals surface area contributed by atoms with E-state index < -0.39 is 12.0 Å². The maximum absolute atomic E-state index is 12.5. The van der Waals surface area contributed by atoms with Crippen molar-refractivity contribution in [1.29, 1.82) is 0 Å². The molecular formula is C17H19NO4. The van der Waals surface area contributed by atoms with Crippen molar-refractivity contribution in [1.82, 2.24) is 4.90 Å². The van der Waals surface area contributed by atoms with Crippen LogP contribution in [0.5, 0.6) is 5.75 Å². The fraction of sp³-hybridized carbons (Fsp3) is 0.412. The molecule has 1 aliphatic rings. The van der Waals surface area contributed by atoms with Gasteiger partial charge in [0.2, 0.25) is 0 Å². The summed E-state index contributed by atoms with van der Waals surface area (Å²) in [6, 6.07) is 5.82. The maximum Gasteiger partial charge on any atom is 0.326 e. The molecule has 0 spiro atoms. The summed E-state index contributed by atoms with van der Waals surface area (Å²) in [5, 5.41) is 9.33. The van der Waals surface area contributed by atoms with Crippen LogP contribution in [0.1, 0.15) is 30.1 Å². The Labute approximate surface area is 129 Å². The van der Waals surface area contributed by atoms with Gasteiger partial charge in [0.15, 0.2) is 0 Å². The number of amides is 1. The number of hydrogen-bond donors (Lipinski definition) is 1. The van der Waals surface area contributed by atoms with Gasteiger partial charge in [-0.1, -0.05) is 12.8 Å². The van der Waals surface area contributed by atoms with Crippen LogP contribution in [-0.2, 0) is 4.79 Å². The van der Waals surface area contributed by atoms with Crippen LogP contribution in [0.4, 0.5) is 0 Å². The summed E-state index contributed by atoms with van der Waals surface area (Å²) in [7, 11) is 0. The molecule has 1 amide bonds. The molecule has 1 aromatic rings. The fourth-order valence-corrected chi connectivity index (χ4v) is 2.60. The molecule has 2 rings (SSSR count). The van der Waals surface area contributed by atoms with Crippen molar-refractivity contribution in [3.63, 3.8) is 0 Å². The average Bonchev–Trinajstić information content (AvgIpc) is 2.52. The second kappa shape index (κ2) is 6.99. The minimum Gasteiger partial charge on any atom is -0.481 e. The summed E-state index contributed by atoms with van der Waals surface area (Å²) in [6.07, 6.45) is 6.42. The van der Waals surface area contributed by atoms with Crippen molar-refractivity contribution in [3.8, 4) is 18.1 Å². The van der Waals surface area contributed by atoms with Crippen molar-refractivity contribution in [2.75, 3.05) is 13.2 Å². The molecule has 116 valence electrons. The lowest BCUT2D eigenvalue weighted by molar-refractivity contribution is -0.144.